The first kappa shape index (κ1) is 16.2. The van der Waals surface area contributed by atoms with E-state index in [1.165, 1.54) is 16.7 Å². The highest BCUT2D eigenvalue weighted by atomic mass is 15.1. The van der Waals surface area contributed by atoms with Gasteiger partial charge in [-0.25, -0.2) is 4.98 Å². The zero-order chi connectivity index (χ0) is 16.6. The number of rotatable bonds is 7. The molecular formula is C21H23N3. The summed E-state index contributed by atoms with van der Waals surface area (Å²) in [7, 11) is 1.92. The van der Waals surface area contributed by atoms with Gasteiger partial charge in [-0.2, -0.15) is 0 Å². The number of aromatic nitrogens is 1. The van der Waals surface area contributed by atoms with Gasteiger partial charge in [0.05, 0.1) is 0 Å². The smallest absolute Gasteiger partial charge is 0.130 e. The summed E-state index contributed by atoms with van der Waals surface area (Å²) in [6.07, 6.45) is 1.83. The van der Waals surface area contributed by atoms with Gasteiger partial charge in [-0.05, 0) is 17.2 Å². The van der Waals surface area contributed by atoms with Crippen LogP contribution in [0.25, 0.3) is 0 Å². The molecule has 0 saturated carbocycles. The third-order valence-corrected chi connectivity index (χ3v) is 4.02. The first-order valence-electron chi connectivity index (χ1n) is 8.27. The monoisotopic (exact) mass is 317 g/mol. The van der Waals surface area contributed by atoms with Crippen molar-refractivity contribution in [1.29, 1.82) is 0 Å². The van der Waals surface area contributed by atoms with E-state index in [4.69, 9.17) is 0 Å². The van der Waals surface area contributed by atoms with E-state index in [2.05, 4.69) is 81.9 Å². The SMILES string of the molecule is CNc1ncccc1CN(Cc1ccccc1)Cc1ccccc1. The summed E-state index contributed by atoms with van der Waals surface area (Å²) in [6.45, 7) is 2.68. The number of benzene rings is 2. The zero-order valence-electron chi connectivity index (χ0n) is 14.0. The fraction of sp³-hybridized carbons (Fsp3) is 0.190. The van der Waals surface area contributed by atoms with Crippen LogP contribution in [0.4, 0.5) is 5.82 Å². The Morgan fingerprint density at radius 3 is 1.88 bits per heavy atom. The molecule has 0 aliphatic heterocycles. The number of nitrogens with one attached hydrogen (secondary N) is 1. The Morgan fingerprint density at radius 1 is 0.750 bits per heavy atom. The van der Waals surface area contributed by atoms with Crippen molar-refractivity contribution in [3.05, 3.63) is 95.7 Å². The minimum absolute atomic E-state index is 0.855. The molecule has 2 aromatic carbocycles. The molecule has 0 radical (unpaired) electrons. The topological polar surface area (TPSA) is 28.2 Å². The summed E-state index contributed by atoms with van der Waals surface area (Å²) in [6, 6.07) is 25.4. The molecule has 3 nitrogen and oxygen atoms in total. The lowest BCUT2D eigenvalue weighted by Gasteiger charge is -2.23. The van der Waals surface area contributed by atoms with Gasteiger partial charge in [0.2, 0.25) is 0 Å². The minimum atomic E-state index is 0.855. The maximum absolute atomic E-state index is 4.43. The van der Waals surface area contributed by atoms with Crippen molar-refractivity contribution in [2.45, 2.75) is 19.6 Å². The summed E-state index contributed by atoms with van der Waals surface area (Å²) >= 11 is 0. The Balaban J connectivity index is 1.81. The van der Waals surface area contributed by atoms with Crippen LogP contribution < -0.4 is 5.32 Å². The normalized spacial score (nSPS) is 10.8. The van der Waals surface area contributed by atoms with E-state index in [9.17, 15) is 0 Å². The van der Waals surface area contributed by atoms with Crippen molar-refractivity contribution in [3.63, 3.8) is 0 Å². The van der Waals surface area contributed by atoms with Gasteiger partial charge in [-0.1, -0.05) is 66.7 Å². The van der Waals surface area contributed by atoms with Crippen LogP contribution in [0.5, 0.6) is 0 Å². The van der Waals surface area contributed by atoms with Gasteiger partial charge in [0, 0.05) is 38.4 Å². The Kier molecular flexibility index (Phi) is 5.59. The van der Waals surface area contributed by atoms with Gasteiger partial charge >= 0.3 is 0 Å². The van der Waals surface area contributed by atoms with E-state index in [0.29, 0.717) is 0 Å². The first-order chi connectivity index (χ1) is 11.8. The van der Waals surface area contributed by atoms with Crippen molar-refractivity contribution in [2.75, 3.05) is 12.4 Å². The second kappa shape index (κ2) is 8.27. The Bertz CT molecular complexity index is 700. The molecule has 3 aromatic rings. The van der Waals surface area contributed by atoms with Gasteiger partial charge < -0.3 is 5.32 Å². The molecule has 0 fully saturated rings. The largest absolute Gasteiger partial charge is 0.373 e. The first-order valence-corrected chi connectivity index (χ1v) is 8.27. The van der Waals surface area contributed by atoms with Crippen molar-refractivity contribution in [3.8, 4) is 0 Å². The number of hydrogen-bond acceptors (Lipinski definition) is 3. The molecule has 0 spiro atoms. The highest BCUT2D eigenvalue weighted by Crippen LogP contribution is 2.18. The minimum Gasteiger partial charge on any atom is -0.373 e. The molecule has 0 atom stereocenters. The molecule has 0 unspecified atom stereocenters. The molecule has 0 bridgehead atoms. The summed E-state index contributed by atoms with van der Waals surface area (Å²) in [5, 5.41) is 3.19. The maximum atomic E-state index is 4.43. The van der Waals surface area contributed by atoms with Crippen molar-refractivity contribution in [2.24, 2.45) is 0 Å². The van der Waals surface area contributed by atoms with E-state index >= 15 is 0 Å². The Morgan fingerprint density at radius 2 is 1.33 bits per heavy atom. The summed E-state index contributed by atoms with van der Waals surface area (Å²) in [5.74, 6) is 0.948. The Labute approximate surface area is 144 Å². The molecule has 24 heavy (non-hydrogen) atoms. The highest BCUT2D eigenvalue weighted by Gasteiger charge is 2.11. The number of hydrogen-bond donors (Lipinski definition) is 1. The van der Waals surface area contributed by atoms with Gasteiger partial charge in [0.25, 0.3) is 0 Å². The predicted octanol–water partition coefficient (Wildman–Crippen LogP) is 4.33. The third-order valence-electron chi connectivity index (χ3n) is 4.02. The average Bonchev–Trinajstić information content (AvgIpc) is 2.64. The van der Waals surface area contributed by atoms with Gasteiger partial charge in [-0.3, -0.25) is 4.90 Å². The number of anilines is 1. The fourth-order valence-corrected chi connectivity index (χ4v) is 2.88. The van der Waals surface area contributed by atoms with Crippen molar-refractivity contribution < 1.29 is 0 Å². The van der Waals surface area contributed by atoms with Crippen molar-refractivity contribution >= 4 is 5.82 Å². The second-order valence-corrected chi connectivity index (χ2v) is 5.88. The van der Waals surface area contributed by atoms with Gasteiger partial charge in [-0.15, -0.1) is 0 Å². The fourth-order valence-electron chi connectivity index (χ4n) is 2.88. The van der Waals surface area contributed by atoms with Crippen LogP contribution in [-0.4, -0.2) is 16.9 Å². The number of nitrogens with zero attached hydrogens (tertiary/aromatic N) is 2. The molecule has 0 aliphatic carbocycles. The van der Waals surface area contributed by atoms with Crippen LogP contribution >= 0.6 is 0 Å². The lowest BCUT2D eigenvalue weighted by molar-refractivity contribution is 0.248. The molecule has 0 aliphatic rings. The quantitative estimate of drug-likeness (QED) is 0.703. The molecule has 1 aromatic heterocycles. The second-order valence-electron chi connectivity index (χ2n) is 5.88. The lowest BCUT2D eigenvalue weighted by atomic mass is 10.1. The van der Waals surface area contributed by atoms with E-state index in [1.807, 2.05) is 19.3 Å². The summed E-state index contributed by atoms with van der Waals surface area (Å²) in [4.78, 5) is 6.87. The van der Waals surface area contributed by atoms with Gasteiger partial charge in [0.15, 0.2) is 0 Å². The Hall–Kier alpha value is -2.65. The molecule has 0 saturated heterocycles. The van der Waals surface area contributed by atoms with Crippen LogP contribution in [-0.2, 0) is 19.6 Å². The molecule has 1 N–H and O–H groups in total. The van der Waals surface area contributed by atoms with Crippen LogP contribution in [0.1, 0.15) is 16.7 Å². The van der Waals surface area contributed by atoms with Crippen LogP contribution in [0.15, 0.2) is 79.0 Å². The summed E-state index contributed by atoms with van der Waals surface area (Å²) in [5.41, 5.74) is 3.86. The zero-order valence-corrected chi connectivity index (χ0v) is 14.0. The molecule has 0 amide bonds. The van der Waals surface area contributed by atoms with Gasteiger partial charge in [0.1, 0.15) is 5.82 Å². The van der Waals surface area contributed by atoms with E-state index in [1.54, 1.807) is 0 Å². The van der Waals surface area contributed by atoms with E-state index in [-0.39, 0.29) is 0 Å². The highest BCUT2D eigenvalue weighted by molar-refractivity contribution is 5.42. The van der Waals surface area contributed by atoms with Crippen molar-refractivity contribution in [1.82, 2.24) is 9.88 Å². The van der Waals surface area contributed by atoms with Crippen LogP contribution in [0.3, 0.4) is 0 Å². The van der Waals surface area contributed by atoms with E-state index < -0.39 is 0 Å². The lowest BCUT2D eigenvalue weighted by Crippen LogP contribution is -2.23. The predicted molar refractivity (Wildman–Crippen MR) is 99.6 cm³/mol. The van der Waals surface area contributed by atoms with Crippen LogP contribution in [0.2, 0.25) is 0 Å². The molecule has 3 rings (SSSR count). The average molecular weight is 317 g/mol. The maximum Gasteiger partial charge on any atom is 0.130 e. The summed E-state index contributed by atoms with van der Waals surface area (Å²) < 4.78 is 0. The molecule has 122 valence electrons. The molecule has 1 heterocycles. The third kappa shape index (κ3) is 4.43. The van der Waals surface area contributed by atoms with E-state index in [0.717, 1.165) is 25.5 Å². The molecular weight excluding hydrogens is 294 g/mol. The number of pyridine rings is 1. The van der Waals surface area contributed by atoms with Crippen LogP contribution in [0, 0.1) is 0 Å². The molecule has 3 heteroatoms. The standard InChI is InChI=1S/C21H23N3/c1-22-21-20(13-8-14-23-21)17-24(15-18-9-4-2-5-10-18)16-19-11-6-3-7-12-19/h2-14H,15-17H2,1H3,(H,22,23).